The number of nitrogens with zero attached hydrogens (tertiary/aromatic N) is 1. The molecule has 0 aromatic heterocycles. The molecule has 0 amide bonds. The molecule has 2 aromatic rings. The SMILES string of the molecule is COc1ccccc1C(C)(Cc1cc(C(F)(F)F)cc(C(F)(F)F)c1)N1CCC(CCO)CC1. The number of aliphatic hydroxyl groups excluding tert-OH is 1. The number of aliphatic hydroxyl groups is 1. The lowest BCUT2D eigenvalue weighted by Gasteiger charge is -2.46. The fourth-order valence-corrected chi connectivity index (χ4v) is 4.88. The van der Waals surface area contributed by atoms with Crippen LogP contribution in [0, 0.1) is 5.92 Å². The molecule has 1 atom stereocenters. The Morgan fingerprint density at radius 3 is 2.00 bits per heavy atom. The Kier molecular flexibility index (Phi) is 7.87. The van der Waals surface area contributed by atoms with E-state index in [1.165, 1.54) is 7.11 Å². The molecule has 1 heterocycles. The third-order valence-electron chi connectivity index (χ3n) is 6.73. The van der Waals surface area contributed by atoms with Gasteiger partial charge in [-0.25, -0.2) is 0 Å². The standard InChI is InChI=1S/C25H29F6NO2/c1-23(21-5-3-4-6-22(21)34-2,32-10-7-17(8-11-32)9-12-33)16-18-13-19(24(26,27)28)15-20(14-18)25(29,30)31/h3-6,13-15,17,33H,7-12,16H2,1-2H3. The van der Waals surface area contributed by atoms with Crippen LogP contribution in [0.2, 0.25) is 0 Å². The molecule has 1 unspecified atom stereocenters. The van der Waals surface area contributed by atoms with Gasteiger partial charge in [-0.05, 0) is 81.4 Å². The number of ether oxygens (including phenoxy) is 1. The van der Waals surface area contributed by atoms with Gasteiger partial charge in [-0.1, -0.05) is 18.2 Å². The van der Waals surface area contributed by atoms with Gasteiger partial charge in [0.05, 0.1) is 23.8 Å². The number of alkyl halides is 6. The van der Waals surface area contributed by atoms with E-state index in [4.69, 9.17) is 4.74 Å². The van der Waals surface area contributed by atoms with Crippen LogP contribution in [0.1, 0.15) is 48.4 Å². The van der Waals surface area contributed by atoms with E-state index in [1.807, 2.05) is 6.92 Å². The summed E-state index contributed by atoms with van der Waals surface area (Å²) in [6, 6.07) is 8.85. The summed E-state index contributed by atoms with van der Waals surface area (Å²) in [5.41, 5.74) is -2.90. The monoisotopic (exact) mass is 489 g/mol. The van der Waals surface area contributed by atoms with Crippen LogP contribution in [-0.4, -0.2) is 36.8 Å². The van der Waals surface area contributed by atoms with Gasteiger partial charge in [-0.15, -0.1) is 0 Å². The fourth-order valence-electron chi connectivity index (χ4n) is 4.88. The van der Waals surface area contributed by atoms with Gasteiger partial charge in [0.25, 0.3) is 0 Å². The number of piperidine rings is 1. The second-order valence-electron chi connectivity index (χ2n) is 9.01. The van der Waals surface area contributed by atoms with E-state index in [-0.39, 0.29) is 24.7 Å². The maximum atomic E-state index is 13.5. The number of rotatable bonds is 7. The summed E-state index contributed by atoms with van der Waals surface area (Å²) >= 11 is 0. The van der Waals surface area contributed by atoms with Gasteiger partial charge in [0.2, 0.25) is 0 Å². The summed E-state index contributed by atoms with van der Waals surface area (Å²) in [7, 11) is 1.48. The lowest BCUT2D eigenvalue weighted by atomic mass is 9.80. The van der Waals surface area contributed by atoms with Crippen molar-refractivity contribution in [3.05, 3.63) is 64.7 Å². The molecule has 0 aliphatic carbocycles. The Morgan fingerprint density at radius 1 is 0.941 bits per heavy atom. The van der Waals surface area contributed by atoms with Crippen LogP contribution in [0.5, 0.6) is 5.75 Å². The zero-order valence-corrected chi connectivity index (χ0v) is 19.1. The predicted molar refractivity (Wildman–Crippen MR) is 116 cm³/mol. The molecular formula is C25H29F6NO2. The smallest absolute Gasteiger partial charge is 0.416 e. The maximum Gasteiger partial charge on any atom is 0.416 e. The molecule has 3 nitrogen and oxygen atoms in total. The highest BCUT2D eigenvalue weighted by molar-refractivity contribution is 5.42. The summed E-state index contributed by atoms with van der Waals surface area (Å²) in [6.45, 7) is 3.12. The van der Waals surface area contributed by atoms with E-state index >= 15 is 0 Å². The van der Waals surface area contributed by atoms with Gasteiger partial charge in [-0.3, -0.25) is 4.90 Å². The van der Waals surface area contributed by atoms with E-state index in [1.54, 1.807) is 24.3 Å². The molecule has 1 aliphatic rings. The van der Waals surface area contributed by atoms with Crippen molar-refractivity contribution in [2.45, 2.75) is 50.5 Å². The molecule has 1 aliphatic heterocycles. The number of halogens is 6. The molecule has 0 radical (unpaired) electrons. The van der Waals surface area contributed by atoms with Crippen molar-refractivity contribution >= 4 is 0 Å². The molecule has 1 N–H and O–H groups in total. The minimum absolute atomic E-state index is 0.0481. The second-order valence-corrected chi connectivity index (χ2v) is 9.01. The summed E-state index contributed by atoms with van der Waals surface area (Å²) in [5.74, 6) is 0.846. The minimum atomic E-state index is -4.90. The lowest BCUT2D eigenvalue weighted by Crippen LogP contribution is -2.49. The highest BCUT2D eigenvalue weighted by atomic mass is 19.4. The Bertz CT molecular complexity index is 934. The van der Waals surface area contributed by atoms with Crippen molar-refractivity contribution in [1.82, 2.24) is 4.90 Å². The van der Waals surface area contributed by atoms with E-state index in [9.17, 15) is 31.4 Å². The first-order valence-electron chi connectivity index (χ1n) is 11.2. The Hall–Kier alpha value is -2.26. The van der Waals surface area contributed by atoms with Gasteiger partial charge >= 0.3 is 12.4 Å². The number of methoxy groups -OCH3 is 1. The summed E-state index contributed by atoms with van der Waals surface area (Å²) in [5, 5.41) is 9.25. The Morgan fingerprint density at radius 2 is 1.50 bits per heavy atom. The molecule has 1 fully saturated rings. The first-order chi connectivity index (χ1) is 15.9. The maximum absolute atomic E-state index is 13.5. The largest absolute Gasteiger partial charge is 0.496 e. The van der Waals surface area contributed by atoms with Crippen molar-refractivity contribution < 1.29 is 36.2 Å². The lowest BCUT2D eigenvalue weighted by molar-refractivity contribution is -0.143. The molecule has 188 valence electrons. The average molecular weight is 490 g/mol. The van der Waals surface area contributed by atoms with Crippen LogP contribution >= 0.6 is 0 Å². The first kappa shape index (κ1) is 26.3. The Labute approximate surface area is 195 Å². The molecule has 0 bridgehead atoms. The van der Waals surface area contributed by atoms with E-state index in [0.29, 0.717) is 36.7 Å². The summed E-state index contributed by atoms with van der Waals surface area (Å²) in [6.07, 6.45) is -7.64. The van der Waals surface area contributed by atoms with Crippen molar-refractivity contribution in [1.29, 1.82) is 0 Å². The van der Waals surface area contributed by atoms with E-state index in [0.717, 1.165) is 25.0 Å². The predicted octanol–water partition coefficient (Wildman–Crippen LogP) is 6.29. The minimum Gasteiger partial charge on any atom is -0.496 e. The topological polar surface area (TPSA) is 32.7 Å². The van der Waals surface area contributed by atoms with Crippen molar-refractivity contribution in [2.75, 3.05) is 26.8 Å². The van der Waals surface area contributed by atoms with Crippen molar-refractivity contribution in [3.8, 4) is 5.75 Å². The molecular weight excluding hydrogens is 460 g/mol. The third-order valence-corrected chi connectivity index (χ3v) is 6.73. The molecule has 1 saturated heterocycles. The van der Waals surface area contributed by atoms with Gasteiger partial charge in [-0.2, -0.15) is 26.3 Å². The number of hydrogen-bond acceptors (Lipinski definition) is 3. The number of likely N-dealkylation sites (tertiary alicyclic amines) is 1. The molecule has 9 heteroatoms. The van der Waals surface area contributed by atoms with Crippen LogP contribution in [0.3, 0.4) is 0 Å². The van der Waals surface area contributed by atoms with Crippen molar-refractivity contribution in [2.24, 2.45) is 5.92 Å². The molecule has 2 aromatic carbocycles. The van der Waals surface area contributed by atoms with E-state index < -0.39 is 29.0 Å². The van der Waals surface area contributed by atoms with Crippen LogP contribution < -0.4 is 4.74 Å². The highest BCUT2D eigenvalue weighted by Gasteiger charge is 2.41. The molecule has 0 spiro atoms. The number of para-hydroxylation sites is 1. The van der Waals surface area contributed by atoms with E-state index in [2.05, 4.69) is 4.90 Å². The third kappa shape index (κ3) is 5.86. The number of benzene rings is 2. The zero-order chi connectivity index (χ0) is 25.1. The molecule has 34 heavy (non-hydrogen) atoms. The van der Waals surface area contributed by atoms with Gasteiger partial charge < -0.3 is 9.84 Å². The van der Waals surface area contributed by atoms with Gasteiger partial charge in [0, 0.05) is 12.2 Å². The van der Waals surface area contributed by atoms with Crippen molar-refractivity contribution in [3.63, 3.8) is 0 Å². The highest BCUT2D eigenvalue weighted by Crippen LogP contribution is 2.42. The first-order valence-corrected chi connectivity index (χ1v) is 11.2. The summed E-state index contributed by atoms with van der Waals surface area (Å²) in [4.78, 5) is 2.10. The van der Waals surface area contributed by atoms with Gasteiger partial charge in [0.1, 0.15) is 5.75 Å². The van der Waals surface area contributed by atoms with Crippen LogP contribution in [0.4, 0.5) is 26.3 Å². The molecule has 0 saturated carbocycles. The van der Waals surface area contributed by atoms with Crippen LogP contribution in [0.15, 0.2) is 42.5 Å². The van der Waals surface area contributed by atoms with Gasteiger partial charge in [0.15, 0.2) is 0 Å². The average Bonchev–Trinajstić information content (AvgIpc) is 2.78. The Balaban J connectivity index is 2.08. The fraction of sp³-hybridized carbons (Fsp3) is 0.520. The normalized spacial score (nSPS) is 18.0. The summed E-state index contributed by atoms with van der Waals surface area (Å²) < 4.78 is 86.3. The zero-order valence-electron chi connectivity index (χ0n) is 19.1. The number of hydrogen-bond donors (Lipinski definition) is 1. The quantitative estimate of drug-likeness (QED) is 0.465. The second kappa shape index (κ2) is 10.2. The van der Waals surface area contributed by atoms with Crippen LogP contribution in [0.25, 0.3) is 0 Å². The van der Waals surface area contributed by atoms with Crippen LogP contribution in [-0.2, 0) is 24.3 Å². The molecule has 3 rings (SSSR count).